The van der Waals surface area contributed by atoms with Gasteiger partial charge in [-0.15, -0.1) is 0 Å². The predicted octanol–water partition coefficient (Wildman–Crippen LogP) is 5.12. The number of amides is 1. The van der Waals surface area contributed by atoms with E-state index in [9.17, 15) is 23.1 Å². The van der Waals surface area contributed by atoms with Crippen LogP contribution in [0.15, 0.2) is 53.4 Å². The number of benzene rings is 2. The second-order valence-corrected chi connectivity index (χ2v) is 12.9. The number of nitrogens with zero attached hydrogens (tertiary/aromatic N) is 2. The van der Waals surface area contributed by atoms with Crippen molar-refractivity contribution in [1.29, 1.82) is 0 Å². The first kappa shape index (κ1) is 28.9. The van der Waals surface area contributed by atoms with Crippen LogP contribution in [0.5, 0.6) is 11.6 Å². The number of aromatic carboxylic acids is 1. The van der Waals surface area contributed by atoms with Crippen molar-refractivity contribution in [2.45, 2.75) is 65.3 Å². The summed E-state index contributed by atoms with van der Waals surface area (Å²) in [7, 11) is -4.13. The van der Waals surface area contributed by atoms with Gasteiger partial charge >= 0.3 is 5.97 Å². The molecule has 38 heavy (non-hydrogen) atoms. The maximum atomic E-state index is 13.5. The van der Waals surface area contributed by atoms with Crippen LogP contribution in [0.3, 0.4) is 0 Å². The molecule has 0 bridgehead atoms. The van der Waals surface area contributed by atoms with E-state index in [-0.39, 0.29) is 51.2 Å². The van der Waals surface area contributed by atoms with E-state index in [0.29, 0.717) is 5.69 Å². The first-order chi connectivity index (χ1) is 17.5. The second-order valence-electron chi connectivity index (χ2n) is 11.2. The number of para-hydroxylation sites is 1. The van der Waals surface area contributed by atoms with Crippen molar-refractivity contribution in [3.63, 3.8) is 0 Å². The summed E-state index contributed by atoms with van der Waals surface area (Å²) in [5, 5.41) is 16.6. The van der Waals surface area contributed by atoms with E-state index in [2.05, 4.69) is 15.1 Å². The van der Waals surface area contributed by atoms with Crippen LogP contribution in [-0.2, 0) is 14.8 Å². The third kappa shape index (κ3) is 7.20. The highest BCUT2D eigenvalue weighted by atomic mass is 32.2. The number of carboxylic acids is 1. The number of carbonyl (C=O) groups is 2. The Kier molecular flexibility index (Phi) is 8.04. The zero-order valence-electron chi connectivity index (χ0n) is 22.6. The standard InChI is InChI=1S/C27H34N4O6S/c1-17-23(25(33)34)29-31(19-11-9-8-10-12-19)24(17)37-20-14-13-18(28-22(32)16-26(2,3)4)15-21(20)38(35,36)30-27(5,6)7/h8-15,30H,16H2,1-7H3,(H,28,32)(H,33,34). The lowest BCUT2D eigenvalue weighted by Crippen LogP contribution is -2.40. The minimum absolute atomic E-state index is 0.0466. The van der Waals surface area contributed by atoms with Gasteiger partial charge in [-0.3, -0.25) is 4.79 Å². The van der Waals surface area contributed by atoms with E-state index in [1.807, 2.05) is 20.8 Å². The van der Waals surface area contributed by atoms with E-state index in [1.165, 1.54) is 29.8 Å². The molecule has 3 rings (SSSR count). The number of sulfonamides is 1. The summed E-state index contributed by atoms with van der Waals surface area (Å²) >= 11 is 0. The number of anilines is 1. The van der Waals surface area contributed by atoms with Gasteiger partial charge in [0.1, 0.15) is 10.6 Å². The molecule has 1 heterocycles. The van der Waals surface area contributed by atoms with Gasteiger partial charge in [0.25, 0.3) is 0 Å². The van der Waals surface area contributed by atoms with Crippen molar-refractivity contribution in [3.05, 3.63) is 59.8 Å². The van der Waals surface area contributed by atoms with Gasteiger partial charge in [0.05, 0.1) is 5.69 Å². The summed E-state index contributed by atoms with van der Waals surface area (Å²) in [4.78, 5) is 24.1. The van der Waals surface area contributed by atoms with E-state index in [4.69, 9.17) is 4.74 Å². The summed E-state index contributed by atoms with van der Waals surface area (Å²) in [5.41, 5.74) is -0.268. The molecular weight excluding hydrogens is 508 g/mol. The monoisotopic (exact) mass is 542 g/mol. The van der Waals surface area contributed by atoms with Crippen LogP contribution in [0.1, 0.15) is 64.0 Å². The molecule has 1 amide bonds. The average Bonchev–Trinajstić information content (AvgIpc) is 3.08. The zero-order valence-corrected chi connectivity index (χ0v) is 23.4. The molecule has 0 spiro atoms. The molecule has 3 aromatic rings. The Morgan fingerprint density at radius 2 is 1.66 bits per heavy atom. The largest absolute Gasteiger partial charge is 0.476 e. The molecular formula is C27H34N4O6S. The molecule has 0 fully saturated rings. The molecule has 2 aromatic carbocycles. The van der Waals surface area contributed by atoms with Crippen molar-refractivity contribution < 1.29 is 27.9 Å². The van der Waals surface area contributed by atoms with Crippen LogP contribution in [0.25, 0.3) is 5.69 Å². The first-order valence-corrected chi connectivity index (χ1v) is 13.5. The molecule has 10 nitrogen and oxygen atoms in total. The lowest BCUT2D eigenvalue weighted by molar-refractivity contribution is -0.117. The Morgan fingerprint density at radius 3 is 2.21 bits per heavy atom. The van der Waals surface area contributed by atoms with Gasteiger partial charge in [-0.05, 0) is 63.4 Å². The minimum Gasteiger partial charge on any atom is -0.476 e. The fourth-order valence-electron chi connectivity index (χ4n) is 3.68. The fraction of sp³-hybridized carbons (Fsp3) is 0.370. The number of aromatic nitrogens is 2. The zero-order chi connectivity index (χ0) is 28.5. The molecule has 0 aliphatic rings. The van der Waals surface area contributed by atoms with Crippen LogP contribution in [-0.4, -0.2) is 40.7 Å². The average molecular weight is 543 g/mol. The van der Waals surface area contributed by atoms with Crippen molar-refractivity contribution in [1.82, 2.24) is 14.5 Å². The van der Waals surface area contributed by atoms with Crippen molar-refractivity contribution in [2.75, 3.05) is 5.32 Å². The number of carbonyl (C=O) groups excluding carboxylic acids is 1. The molecule has 3 N–H and O–H groups in total. The molecule has 0 atom stereocenters. The van der Waals surface area contributed by atoms with E-state index in [0.717, 1.165) is 0 Å². The quantitative estimate of drug-likeness (QED) is 0.359. The third-order valence-corrected chi connectivity index (χ3v) is 6.91. The molecule has 0 saturated carbocycles. The molecule has 0 radical (unpaired) electrons. The molecule has 0 unspecified atom stereocenters. The van der Waals surface area contributed by atoms with E-state index >= 15 is 0 Å². The van der Waals surface area contributed by atoms with Gasteiger partial charge in [0, 0.05) is 23.2 Å². The fourth-order valence-corrected chi connectivity index (χ4v) is 5.25. The van der Waals surface area contributed by atoms with Gasteiger partial charge in [0.15, 0.2) is 5.69 Å². The van der Waals surface area contributed by atoms with Crippen molar-refractivity contribution in [3.8, 4) is 17.3 Å². The smallest absolute Gasteiger partial charge is 0.356 e. The maximum Gasteiger partial charge on any atom is 0.356 e. The van der Waals surface area contributed by atoms with Gasteiger partial charge < -0.3 is 15.2 Å². The molecule has 1 aromatic heterocycles. The number of nitrogens with one attached hydrogen (secondary N) is 2. The van der Waals surface area contributed by atoms with Crippen molar-refractivity contribution >= 4 is 27.6 Å². The second kappa shape index (κ2) is 10.6. The molecule has 0 aliphatic heterocycles. The molecule has 11 heteroatoms. The van der Waals surface area contributed by atoms with Gasteiger partial charge in [-0.25, -0.2) is 17.9 Å². The van der Waals surface area contributed by atoms with Crippen LogP contribution >= 0.6 is 0 Å². The first-order valence-electron chi connectivity index (χ1n) is 12.0. The molecule has 204 valence electrons. The SMILES string of the molecule is Cc1c(C(=O)O)nn(-c2ccccc2)c1Oc1ccc(NC(=O)CC(C)(C)C)cc1S(=O)(=O)NC(C)(C)C. The van der Waals surface area contributed by atoms with Gasteiger partial charge in [0.2, 0.25) is 21.8 Å². The Bertz CT molecular complexity index is 1450. The molecule has 0 saturated heterocycles. The maximum absolute atomic E-state index is 13.5. The van der Waals surface area contributed by atoms with Crippen LogP contribution in [0.4, 0.5) is 5.69 Å². The highest BCUT2D eigenvalue weighted by Gasteiger charge is 2.29. The normalized spacial score (nSPS) is 12.3. The minimum atomic E-state index is -4.13. The number of hydrogen-bond acceptors (Lipinski definition) is 6. The Labute approximate surface area is 223 Å². The predicted molar refractivity (Wildman–Crippen MR) is 145 cm³/mol. The highest BCUT2D eigenvalue weighted by Crippen LogP contribution is 2.36. The summed E-state index contributed by atoms with van der Waals surface area (Å²) in [6.07, 6.45) is 0.237. The third-order valence-electron chi connectivity index (χ3n) is 5.13. The highest BCUT2D eigenvalue weighted by molar-refractivity contribution is 7.89. The molecule has 0 aliphatic carbocycles. The van der Waals surface area contributed by atoms with E-state index < -0.39 is 21.5 Å². The number of carboxylic acid groups (broad SMARTS) is 1. The Balaban J connectivity index is 2.14. The van der Waals surface area contributed by atoms with Crippen LogP contribution < -0.4 is 14.8 Å². The van der Waals surface area contributed by atoms with Crippen molar-refractivity contribution in [2.24, 2.45) is 5.41 Å². The number of hydrogen-bond donors (Lipinski definition) is 3. The van der Waals surface area contributed by atoms with Crippen LogP contribution in [0, 0.1) is 12.3 Å². The van der Waals surface area contributed by atoms with E-state index in [1.54, 1.807) is 51.1 Å². The van der Waals surface area contributed by atoms with Gasteiger partial charge in [-0.1, -0.05) is 39.0 Å². The number of rotatable bonds is 8. The summed E-state index contributed by atoms with van der Waals surface area (Å²) in [6.45, 7) is 12.4. The summed E-state index contributed by atoms with van der Waals surface area (Å²) in [5.74, 6) is -1.53. The van der Waals surface area contributed by atoms with Gasteiger partial charge in [-0.2, -0.15) is 9.78 Å². The summed E-state index contributed by atoms with van der Waals surface area (Å²) in [6, 6.07) is 13.0. The Morgan fingerprint density at radius 1 is 1.03 bits per heavy atom. The lowest BCUT2D eigenvalue weighted by atomic mass is 9.92. The van der Waals surface area contributed by atoms with Crippen LogP contribution in [0.2, 0.25) is 0 Å². The summed E-state index contributed by atoms with van der Waals surface area (Å²) < 4.78 is 36.9. The Hall–Kier alpha value is -3.70. The number of ether oxygens (including phenoxy) is 1. The lowest BCUT2D eigenvalue weighted by Gasteiger charge is -2.22. The topological polar surface area (TPSA) is 140 Å².